The molecule has 146 valence electrons. The molecule has 0 saturated carbocycles. The molecule has 3 aromatic rings. The van der Waals surface area contributed by atoms with Crippen LogP contribution in [-0.2, 0) is 6.18 Å². The summed E-state index contributed by atoms with van der Waals surface area (Å²) in [7, 11) is 0. The molecule has 4 nitrogen and oxygen atoms in total. The lowest BCUT2D eigenvalue weighted by Crippen LogP contribution is -2.19. The van der Waals surface area contributed by atoms with Gasteiger partial charge in [-0.05, 0) is 54.0 Å². The van der Waals surface area contributed by atoms with E-state index in [9.17, 15) is 18.0 Å². The van der Waals surface area contributed by atoms with Gasteiger partial charge in [-0.15, -0.1) is 0 Å². The average Bonchev–Trinajstić information content (AvgIpc) is 2.60. The predicted molar refractivity (Wildman–Crippen MR) is 108 cm³/mol. The first-order valence-corrected chi connectivity index (χ1v) is 8.87. The number of halogens is 3. The van der Waals surface area contributed by atoms with Crippen LogP contribution in [0.5, 0.6) is 0 Å². The van der Waals surface area contributed by atoms with Crippen molar-refractivity contribution in [1.82, 2.24) is 0 Å². The number of anilines is 2. The third kappa shape index (κ3) is 4.51. The Labute approximate surface area is 164 Å². The van der Waals surface area contributed by atoms with Crippen molar-refractivity contribution in [3.05, 3.63) is 70.1 Å². The van der Waals surface area contributed by atoms with Crippen molar-refractivity contribution < 1.29 is 17.6 Å². The number of hydrogen-bond donors (Lipinski definition) is 2. The van der Waals surface area contributed by atoms with E-state index in [0.717, 1.165) is 11.3 Å². The fourth-order valence-corrected chi connectivity index (χ4v) is 2.98. The van der Waals surface area contributed by atoms with Gasteiger partial charge in [0.2, 0.25) is 0 Å². The van der Waals surface area contributed by atoms with Gasteiger partial charge in [0.05, 0.1) is 5.56 Å². The summed E-state index contributed by atoms with van der Waals surface area (Å²) in [6, 6.07) is 12.2. The van der Waals surface area contributed by atoms with Crippen molar-refractivity contribution in [2.75, 3.05) is 10.6 Å². The van der Waals surface area contributed by atoms with Gasteiger partial charge in [0.25, 0.3) is 0 Å². The molecule has 0 radical (unpaired) electrons. The third-order valence-electron chi connectivity index (χ3n) is 4.12. The van der Waals surface area contributed by atoms with E-state index in [0.29, 0.717) is 17.7 Å². The molecule has 1 aromatic heterocycles. The maximum absolute atomic E-state index is 13.2. The molecule has 0 fully saturated rings. The zero-order valence-electron chi connectivity index (χ0n) is 15.1. The highest BCUT2D eigenvalue weighted by Gasteiger charge is 2.33. The zero-order valence-corrected chi connectivity index (χ0v) is 15.9. The van der Waals surface area contributed by atoms with Crippen molar-refractivity contribution in [3.8, 4) is 0 Å². The molecule has 1 heterocycles. The van der Waals surface area contributed by atoms with Crippen molar-refractivity contribution in [1.29, 1.82) is 0 Å². The summed E-state index contributed by atoms with van der Waals surface area (Å²) in [5, 5.41) is 5.88. The minimum absolute atomic E-state index is 0.145. The first-order chi connectivity index (χ1) is 13.1. The molecule has 0 spiro atoms. The Hall–Kier alpha value is -2.87. The number of alkyl halides is 3. The second kappa shape index (κ2) is 7.63. The molecule has 8 heteroatoms. The fourth-order valence-electron chi connectivity index (χ4n) is 2.74. The van der Waals surface area contributed by atoms with Gasteiger partial charge in [0, 0.05) is 22.8 Å². The van der Waals surface area contributed by atoms with Crippen molar-refractivity contribution >= 4 is 39.7 Å². The van der Waals surface area contributed by atoms with Crippen LogP contribution in [0.25, 0.3) is 11.0 Å². The normalized spacial score (nSPS) is 11.6. The SMILES string of the molecule is CC(C)c1cccc(NC(=S)Nc2ccc3oc(=O)cc(C(F)(F)F)c3c2)c1. The van der Waals surface area contributed by atoms with E-state index >= 15 is 0 Å². The number of hydrogen-bond acceptors (Lipinski definition) is 3. The van der Waals surface area contributed by atoms with E-state index in [4.69, 9.17) is 16.6 Å². The van der Waals surface area contributed by atoms with Gasteiger partial charge in [-0.2, -0.15) is 13.2 Å². The minimum atomic E-state index is -4.68. The fraction of sp³-hybridized carbons (Fsp3) is 0.200. The summed E-state index contributed by atoms with van der Waals surface area (Å²) in [4.78, 5) is 11.4. The lowest BCUT2D eigenvalue weighted by atomic mass is 10.0. The van der Waals surface area contributed by atoms with Crippen LogP contribution in [0.3, 0.4) is 0 Å². The average molecular weight is 406 g/mol. The second-order valence-corrected chi connectivity index (χ2v) is 6.96. The molecule has 0 aliphatic rings. The summed E-state index contributed by atoms with van der Waals surface area (Å²) < 4.78 is 44.6. The summed E-state index contributed by atoms with van der Waals surface area (Å²) >= 11 is 5.26. The van der Waals surface area contributed by atoms with E-state index in [2.05, 4.69) is 24.5 Å². The maximum Gasteiger partial charge on any atom is 0.417 e. The van der Waals surface area contributed by atoms with Crippen molar-refractivity contribution in [2.45, 2.75) is 25.9 Å². The molecular formula is C20H17F3N2O2S. The minimum Gasteiger partial charge on any atom is -0.423 e. The monoisotopic (exact) mass is 406 g/mol. The Kier molecular flexibility index (Phi) is 5.42. The Balaban J connectivity index is 1.86. The van der Waals surface area contributed by atoms with Crippen LogP contribution in [0, 0.1) is 0 Å². The smallest absolute Gasteiger partial charge is 0.417 e. The number of rotatable bonds is 3. The molecule has 0 atom stereocenters. The first-order valence-electron chi connectivity index (χ1n) is 8.46. The quantitative estimate of drug-likeness (QED) is 0.429. The lowest BCUT2D eigenvalue weighted by Gasteiger charge is -2.14. The molecule has 0 bridgehead atoms. The molecular weight excluding hydrogens is 389 g/mol. The molecule has 2 N–H and O–H groups in total. The Bertz CT molecular complexity index is 1090. The van der Waals surface area contributed by atoms with E-state index < -0.39 is 17.4 Å². The van der Waals surface area contributed by atoms with Crippen molar-refractivity contribution in [3.63, 3.8) is 0 Å². The van der Waals surface area contributed by atoms with Gasteiger partial charge < -0.3 is 15.1 Å². The van der Waals surface area contributed by atoms with E-state index in [-0.39, 0.29) is 16.1 Å². The summed E-state index contributed by atoms with van der Waals surface area (Å²) in [5.41, 5.74) is -0.0123. The highest BCUT2D eigenvalue weighted by molar-refractivity contribution is 7.80. The van der Waals surface area contributed by atoms with Crippen LogP contribution < -0.4 is 16.3 Å². The van der Waals surface area contributed by atoms with Gasteiger partial charge in [-0.1, -0.05) is 26.0 Å². The second-order valence-electron chi connectivity index (χ2n) is 6.55. The van der Waals surface area contributed by atoms with Crippen LogP contribution >= 0.6 is 12.2 Å². The summed E-state index contributed by atoms with van der Waals surface area (Å²) in [6.45, 7) is 4.14. The van der Waals surface area contributed by atoms with E-state index in [1.165, 1.54) is 18.2 Å². The summed E-state index contributed by atoms with van der Waals surface area (Å²) in [5.74, 6) is 0.346. The Morgan fingerprint density at radius 3 is 2.36 bits per heavy atom. The van der Waals surface area contributed by atoms with Crippen LogP contribution in [0.2, 0.25) is 0 Å². The van der Waals surface area contributed by atoms with Crippen LogP contribution in [0.4, 0.5) is 24.5 Å². The molecule has 0 aliphatic carbocycles. The van der Waals surface area contributed by atoms with Gasteiger partial charge in [0.15, 0.2) is 5.11 Å². The molecule has 0 unspecified atom stereocenters. The maximum atomic E-state index is 13.2. The number of nitrogens with one attached hydrogen (secondary N) is 2. The molecule has 0 aliphatic heterocycles. The number of fused-ring (bicyclic) bond motifs is 1. The van der Waals surface area contributed by atoms with E-state index in [1.807, 2.05) is 24.3 Å². The number of benzene rings is 2. The third-order valence-corrected chi connectivity index (χ3v) is 4.32. The molecule has 28 heavy (non-hydrogen) atoms. The standard InChI is InChI=1S/C20H17F3N2O2S/c1-11(2)12-4-3-5-13(8-12)24-19(28)25-14-6-7-17-15(9-14)16(20(21,22)23)10-18(26)27-17/h3-11H,1-2H3,(H2,24,25,28). The highest BCUT2D eigenvalue weighted by atomic mass is 32.1. The van der Waals surface area contributed by atoms with Gasteiger partial charge in [-0.3, -0.25) is 0 Å². The van der Waals surface area contributed by atoms with Crippen molar-refractivity contribution in [2.24, 2.45) is 0 Å². The zero-order chi connectivity index (χ0) is 20.5. The molecule has 2 aromatic carbocycles. The van der Waals surface area contributed by atoms with Gasteiger partial charge in [0.1, 0.15) is 5.58 Å². The molecule has 0 amide bonds. The molecule has 3 rings (SSSR count). The molecule has 0 saturated heterocycles. The highest BCUT2D eigenvalue weighted by Crippen LogP contribution is 2.34. The summed E-state index contributed by atoms with van der Waals surface area (Å²) in [6.07, 6.45) is -4.68. The number of thiocarbonyl (C=S) groups is 1. The van der Waals surface area contributed by atoms with Crippen LogP contribution in [-0.4, -0.2) is 5.11 Å². The van der Waals surface area contributed by atoms with Crippen LogP contribution in [0.1, 0.15) is 30.9 Å². The predicted octanol–water partition coefficient (Wildman–Crippen LogP) is 5.74. The Morgan fingerprint density at radius 1 is 1.04 bits per heavy atom. The lowest BCUT2D eigenvalue weighted by molar-refractivity contribution is -0.136. The first kappa shape index (κ1) is 19.9. The topological polar surface area (TPSA) is 54.3 Å². The van der Waals surface area contributed by atoms with E-state index in [1.54, 1.807) is 0 Å². The Morgan fingerprint density at radius 2 is 1.71 bits per heavy atom. The van der Waals surface area contributed by atoms with Crippen LogP contribution in [0.15, 0.2) is 57.7 Å². The van der Waals surface area contributed by atoms with Gasteiger partial charge in [-0.25, -0.2) is 4.79 Å². The largest absolute Gasteiger partial charge is 0.423 e. The van der Waals surface area contributed by atoms with Gasteiger partial charge >= 0.3 is 11.8 Å².